The first-order valence-electron chi connectivity index (χ1n) is 23.8. The third-order valence-corrected chi connectivity index (χ3v) is 15.6. The predicted molar refractivity (Wildman–Crippen MR) is 261 cm³/mol. The number of rotatable bonds is 13. The number of nitro benzene ring substituents is 1. The summed E-state index contributed by atoms with van der Waals surface area (Å²) in [5.41, 5.74) is 8.75. The van der Waals surface area contributed by atoms with Crippen molar-refractivity contribution >= 4 is 61.0 Å². The lowest BCUT2D eigenvalue weighted by molar-refractivity contribution is -0.384. The summed E-state index contributed by atoms with van der Waals surface area (Å²) < 4.78 is 41.8. The highest BCUT2D eigenvalue weighted by Crippen LogP contribution is 2.46. The Morgan fingerprint density at radius 2 is 1.73 bits per heavy atom. The lowest BCUT2D eigenvalue weighted by atomic mass is 9.72. The number of nitrogens with zero attached hydrogens (tertiary/aromatic N) is 5. The molecule has 3 fully saturated rings. The van der Waals surface area contributed by atoms with Crippen LogP contribution >= 0.6 is 0 Å². The van der Waals surface area contributed by atoms with E-state index in [4.69, 9.17) is 14.5 Å². The number of hydrogen-bond donors (Lipinski definition) is 3. The number of H-pyrrole nitrogens is 1. The molecule has 0 bridgehead atoms. The van der Waals surface area contributed by atoms with Crippen molar-refractivity contribution in [2.45, 2.75) is 82.6 Å². The van der Waals surface area contributed by atoms with Crippen LogP contribution in [-0.2, 0) is 14.8 Å². The number of pyridine rings is 1. The first-order valence-corrected chi connectivity index (χ1v) is 25.3. The number of fused-ring (bicyclic) bond motifs is 2. The van der Waals surface area contributed by atoms with Crippen molar-refractivity contribution in [2.75, 3.05) is 74.1 Å². The van der Waals surface area contributed by atoms with Crippen LogP contribution in [-0.4, -0.2) is 99.2 Å². The van der Waals surface area contributed by atoms with E-state index in [1.807, 2.05) is 36.1 Å². The van der Waals surface area contributed by atoms with Gasteiger partial charge < -0.3 is 29.6 Å². The summed E-state index contributed by atoms with van der Waals surface area (Å²) in [4.78, 5) is 40.4. The Morgan fingerprint density at radius 3 is 2.48 bits per heavy atom. The minimum absolute atomic E-state index is 0.120. The van der Waals surface area contributed by atoms with Gasteiger partial charge in [0.2, 0.25) is 5.88 Å². The van der Waals surface area contributed by atoms with Crippen molar-refractivity contribution in [3.8, 4) is 5.88 Å². The number of ether oxygens (including phenoxy) is 2. The zero-order valence-electron chi connectivity index (χ0n) is 38.6. The number of nitrogens with one attached hydrogen (secondary N) is 3. The Balaban J connectivity index is 0.912. The minimum atomic E-state index is -4.56. The topological polar surface area (TPSA) is 175 Å². The molecule has 2 saturated heterocycles. The summed E-state index contributed by atoms with van der Waals surface area (Å²) >= 11 is 0. The molecule has 16 heteroatoms. The van der Waals surface area contributed by atoms with Crippen LogP contribution in [0, 0.1) is 21.4 Å². The number of aromatic nitrogens is 2. The highest BCUT2D eigenvalue weighted by atomic mass is 32.2. The first kappa shape index (κ1) is 44.8. The Hall–Kier alpha value is -5.97. The van der Waals surface area contributed by atoms with Gasteiger partial charge in [-0.2, -0.15) is 4.98 Å². The van der Waals surface area contributed by atoms with E-state index >= 15 is 0 Å². The second kappa shape index (κ2) is 18.3. The first-order chi connectivity index (χ1) is 32.3. The summed E-state index contributed by atoms with van der Waals surface area (Å²) in [6.07, 6.45) is 9.08. The monoisotopic (exact) mass is 928 g/mol. The number of benzene rings is 3. The molecule has 0 unspecified atom stereocenters. The molecule has 1 atom stereocenters. The lowest BCUT2D eigenvalue weighted by Crippen LogP contribution is -2.47. The molecular formula is C51H60N8O7S. The van der Waals surface area contributed by atoms with Crippen molar-refractivity contribution in [1.29, 1.82) is 0 Å². The number of hydrogen-bond acceptors (Lipinski definition) is 12. The van der Waals surface area contributed by atoms with Gasteiger partial charge in [-0.05, 0) is 128 Å². The maximum atomic E-state index is 14.4. The molecule has 3 aliphatic heterocycles. The molecule has 0 spiro atoms. The maximum Gasteiger partial charge on any atom is 0.293 e. The number of carbonyl (C=O) groups is 1. The molecule has 2 aromatic heterocycles. The molecule has 2 aliphatic carbocycles. The largest absolute Gasteiger partial charge is 0.471 e. The molecule has 5 heterocycles. The molecule has 10 rings (SSSR count). The van der Waals surface area contributed by atoms with E-state index in [9.17, 15) is 23.3 Å². The standard InChI is InChI=1S/C51H60N8O7S/c1-33-31-58(47-26-38-15-19-52-48(38)54-50(47)66-33)45-27-40(57-22-20-56(21-23-57)32-39-14-18-51(2,3)29-43(39)37-8-6-36(7-9-37)35-4-5-35)10-12-42(45)49(60)55-67(63,64)41-11-13-44(46(28-41)59(61)62)53-30-34-16-24-65-25-17-34/h6-13,15,19,26-28,33-35,53H,4-5,14,16-18,20-25,29-32H2,1-3H3,(H,52,54)(H,55,60)/t33-/m1/s1. The average molecular weight is 929 g/mol. The fourth-order valence-electron chi connectivity index (χ4n) is 10.2. The number of nitro groups is 1. The molecule has 1 amide bonds. The van der Waals surface area contributed by atoms with Crippen molar-refractivity contribution in [3.63, 3.8) is 0 Å². The van der Waals surface area contributed by atoms with E-state index in [1.165, 1.54) is 53.7 Å². The van der Waals surface area contributed by atoms with Crippen molar-refractivity contribution in [1.82, 2.24) is 19.6 Å². The molecule has 67 heavy (non-hydrogen) atoms. The van der Waals surface area contributed by atoms with Crippen LogP contribution in [0.3, 0.4) is 0 Å². The van der Waals surface area contributed by atoms with E-state index < -0.39 is 31.4 Å². The predicted octanol–water partition coefficient (Wildman–Crippen LogP) is 9.01. The lowest BCUT2D eigenvalue weighted by Gasteiger charge is -2.40. The quantitative estimate of drug-likeness (QED) is 0.0756. The number of amides is 1. The van der Waals surface area contributed by atoms with Crippen LogP contribution < -0.4 is 24.6 Å². The van der Waals surface area contributed by atoms with E-state index in [2.05, 4.69) is 62.9 Å². The molecule has 1 saturated carbocycles. The van der Waals surface area contributed by atoms with Crippen LogP contribution in [0.2, 0.25) is 0 Å². The summed E-state index contributed by atoms with van der Waals surface area (Å²) in [6, 6.07) is 22.4. The summed E-state index contributed by atoms with van der Waals surface area (Å²) in [5, 5.41) is 16.2. The Bertz CT molecular complexity index is 2830. The van der Waals surface area contributed by atoms with Gasteiger partial charge in [0.05, 0.1) is 27.6 Å². The van der Waals surface area contributed by atoms with Gasteiger partial charge in [-0.25, -0.2) is 13.1 Å². The van der Waals surface area contributed by atoms with Gasteiger partial charge in [-0.1, -0.05) is 43.7 Å². The van der Waals surface area contributed by atoms with Crippen molar-refractivity contribution < 1.29 is 27.6 Å². The normalized spacial score (nSPS) is 20.4. The van der Waals surface area contributed by atoms with E-state index in [1.54, 1.807) is 12.3 Å². The number of carbonyl (C=O) groups excluding carboxylic acids is 1. The molecule has 5 aromatic rings. The number of sulfonamides is 1. The zero-order chi connectivity index (χ0) is 46.5. The van der Waals surface area contributed by atoms with Gasteiger partial charge in [0.25, 0.3) is 21.6 Å². The summed E-state index contributed by atoms with van der Waals surface area (Å²) in [6.45, 7) is 13.0. The fourth-order valence-corrected chi connectivity index (χ4v) is 11.2. The second-order valence-electron chi connectivity index (χ2n) is 19.9. The number of aromatic amines is 1. The molecule has 352 valence electrons. The van der Waals surface area contributed by atoms with Crippen LogP contribution in [0.1, 0.15) is 93.1 Å². The number of piperazine rings is 1. The van der Waals surface area contributed by atoms with Gasteiger partial charge in [0.1, 0.15) is 23.1 Å². The zero-order valence-corrected chi connectivity index (χ0v) is 39.4. The van der Waals surface area contributed by atoms with Crippen LogP contribution in [0.15, 0.2) is 89.5 Å². The Morgan fingerprint density at radius 1 is 0.955 bits per heavy atom. The maximum absolute atomic E-state index is 14.4. The minimum Gasteiger partial charge on any atom is -0.471 e. The third kappa shape index (κ3) is 9.74. The summed E-state index contributed by atoms with van der Waals surface area (Å²) in [7, 11) is -4.56. The van der Waals surface area contributed by atoms with Crippen LogP contribution in [0.4, 0.5) is 28.4 Å². The number of allylic oxidation sites excluding steroid dienone is 1. The third-order valence-electron chi connectivity index (χ3n) is 14.3. The molecule has 3 N–H and O–H groups in total. The molecule has 0 radical (unpaired) electrons. The molecule has 5 aliphatic rings. The smallest absolute Gasteiger partial charge is 0.293 e. The second-order valence-corrected chi connectivity index (χ2v) is 21.5. The van der Waals surface area contributed by atoms with Gasteiger partial charge in [-0.3, -0.25) is 19.8 Å². The van der Waals surface area contributed by atoms with E-state index in [0.29, 0.717) is 49.2 Å². The molecule has 15 nitrogen and oxygen atoms in total. The highest BCUT2D eigenvalue weighted by Gasteiger charge is 2.34. The highest BCUT2D eigenvalue weighted by molar-refractivity contribution is 7.90. The SMILES string of the molecule is C[C@@H]1CN(c2cc(N3CCN(CC4=C(c5ccc(C6CC6)cc5)CC(C)(C)CC4)CC3)ccc2C(=O)NS(=O)(=O)c2ccc(NCC3CCOCC3)c([N+](=O)[O-])c2)c2cc3cc[nH]c3nc2O1. The molecular weight excluding hydrogens is 869 g/mol. The van der Waals surface area contributed by atoms with Gasteiger partial charge >= 0.3 is 0 Å². The Kier molecular flexibility index (Phi) is 12.2. The van der Waals surface area contributed by atoms with E-state index in [0.717, 1.165) is 81.5 Å². The Labute approximate surface area is 392 Å². The molecule has 3 aromatic carbocycles. The summed E-state index contributed by atoms with van der Waals surface area (Å²) in [5.74, 6) is 0.538. The van der Waals surface area contributed by atoms with E-state index in [-0.39, 0.29) is 28.7 Å². The average Bonchev–Trinajstić information content (AvgIpc) is 4.08. The fraction of sp³-hybridized carbons (Fsp3) is 0.451. The van der Waals surface area contributed by atoms with Crippen molar-refractivity contribution in [2.24, 2.45) is 11.3 Å². The van der Waals surface area contributed by atoms with Gasteiger partial charge in [0.15, 0.2) is 0 Å². The van der Waals surface area contributed by atoms with Crippen LogP contribution in [0.5, 0.6) is 5.88 Å². The van der Waals surface area contributed by atoms with Crippen molar-refractivity contribution in [3.05, 3.63) is 111 Å². The number of anilines is 4. The van der Waals surface area contributed by atoms with Gasteiger partial charge in [-0.15, -0.1) is 0 Å². The van der Waals surface area contributed by atoms with Crippen LogP contribution in [0.25, 0.3) is 16.6 Å². The van der Waals surface area contributed by atoms with Gasteiger partial charge in [0, 0.05) is 75.8 Å².